The third-order valence-corrected chi connectivity index (χ3v) is 8.24. The Labute approximate surface area is 210 Å². The fourth-order valence-corrected chi connectivity index (χ4v) is 5.90. The second kappa shape index (κ2) is 11.2. The van der Waals surface area contributed by atoms with Crippen molar-refractivity contribution in [2.45, 2.75) is 24.2 Å². The van der Waals surface area contributed by atoms with Gasteiger partial charge >= 0.3 is 0 Å². The summed E-state index contributed by atoms with van der Waals surface area (Å²) in [7, 11) is -2.13. The number of halogens is 1. The Kier molecular flexibility index (Phi) is 8.10. The van der Waals surface area contributed by atoms with Gasteiger partial charge in [-0.1, -0.05) is 11.6 Å². The Hall–Kier alpha value is -2.88. The van der Waals surface area contributed by atoms with Crippen molar-refractivity contribution in [3.63, 3.8) is 0 Å². The van der Waals surface area contributed by atoms with E-state index < -0.39 is 10.0 Å². The third kappa shape index (κ3) is 6.04. The highest BCUT2D eigenvalue weighted by Crippen LogP contribution is 2.26. The minimum atomic E-state index is -3.66. The van der Waals surface area contributed by atoms with Crippen molar-refractivity contribution < 1.29 is 17.9 Å². The maximum Gasteiger partial charge on any atom is 0.243 e. The largest absolute Gasteiger partial charge is 0.497 e. The molecule has 0 saturated carbocycles. The molecule has 0 unspecified atom stereocenters. The number of pyridine rings is 1. The molecule has 0 aliphatic carbocycles. The zero-order valence-electron chi connectivity index (χ0n) is 19.5. The summed E-state index contributed by atoms with van der Waals surface area (Å²) in [4.78, 5) is 17.3. The number of ether oxygens (including phenoxy) is 1. The summed E-state index contributed by atoms with van der Waals surface area (Å²) in [5.41, 5.74) is 1.78. The van der Waals surface area contributed by atoms with E-state index in [9.17, 15) is 13.2 Å². The Bertz CT molecular complexity index is 1280. The average Bonchev–Trinajstić information content (AvgIpc) is 2.88. The lowest BCUT2D eigenvalue weighted by atomic mass is 9.99. The predicted octanol–water partition coefficient (Wildman–Crippen LogP) is 3.92. The van der Waals surface area contributed by atoms with Gasteiger partial charge in [0.1, 0.15) is 5.75 Å². The van der Waals surface area contributed by atoms with Crippen molar-refractivity contribution in [1.29, 1.82) is 0 Å². The summed E-state index contributed by atoms with van der Waals surface area (Å²) in [6.45, 7) is 1.77. The number of benzene rings is 2. The summed E-state index contributed by atoms with van der Waals surface area (Å²) in [6.07, 6.45) is 3.78. The third-order valence-electron chi connectivity index (χ3n) is 6.13. The highest BCUT2D eigenvalue weighted by atomic mass is 35.5. The van der Waals surface area contributed by atoms with Crippen LogP contribution in [0.15, 0.2) is 59.6 Å². The standard InChI is InChI=1S/C25H29ClN4O4S/c1-34-20-6-8-21(9-7-20)35(32,33)30-15-2-4-18(17-30)25(31)29-13-3-12-27-23-11-14-28-24-16-19(26)5-10-22(23)24/h5-11,14,16,18H,2-4,12-13,15,17H2,1H3,(H,27,28)(H,29,31)/t18-/m0/s1. The van der Waals surface area contributed by atoms with Gasteiger partial charge in [0.05, 0.1) is 23.4 Å². The molecule has 3 aromatic rings. The lowest BCUT2D eigenvalue weighted by Crippen LogP contribution is -2.45. The smallest absolute Gasteiger partial charge is 0.243 e. The molecule has 1 atom stereocenters. The van der Waals surface area contributed by atoms with Crippen molar-refractivity contribution >= 4 is 44.1 Å². The second-order valence-electron chi connectivity index (χ2n) is 8.47. The van der Waals surface area contributed by atoms with E-state index in [1.165, 1.54) is 23.5 Å². The molecule has 1 saturated heterocycles. The number of piperidine rings is 1. The van der Waals surface area contributed by atoms with E-state index in [1.807, 2.05) is 24.3 Å². The van der Waals surface area contributed by atoms with Gasteiger partial charge < -0.3 is 15.4 Å². The number of hydrogen-bond donors (Lipinski definition) is 2. The predicted molar refractivity (Wildman–Crippen MR) is 137 cm³/mol. The summed E-state index contributed by atoms with van der Waals surface area (Å²) in [6, 6.07) is 13.8. The van der Waals surface area contributed by atoms with E-state index in [-0.39, 0.29) is 23.3 Å². The van der Waals surface area contributed by atoms with Crippen molar-refractivity contribution in [2.75, 3.05) is 38.6 Å². The van der Waals surface area contributed by atoms with Crippen LogP contribution in [-0.4, -0.2) is 56.9 Å². The van der Waals surface area contributed by atoms with Crippen LogP contribution < -0.4 is 15.4 Å². The number of fused-ring (bicyclic) bond motifs is 1. The molecule has 1 amide bonds. The van der Waals surface area contributed by atoms with Crippen LogP contribution in [0.5, 0.6) is 5.75 Å². The van der Waals surface area contributed by atoms with E-state index in [2.05, 4.69) is 15.6 Å². The molecule has 0 spiro atoms. The molecule has 10 heteroatoms. The fraction of sp³-hybridized carbons (Fsp3) is 0.360. The Balaban J connectivity index is 1.26. The lowest BCUT2D eigenvalue weighted by molar-refractivity contribution is -0.126. The van der Waals surface area contributed by atoms with Crippen molar-refractivity contribution in [3.8, 4) is 5.75 Å². The van der Waals surface area contributed by atoms with Gasteiger partial charge in [-0.2, -0.15) is 4.31 Å². The van der Waals surface area contributed by atoms with E-state index >= 15 is 0 Å². The zero-order chi connectivity index (χ0) is 24.8. The molecule has 35 heavy (non-hydrogen) atoms. The van der Waals surface area contributed by atoms with Crippen LogP contribution >= 0.6 is 11.6 Å². The van der Waals surface area contributed by atoms with Crippen LogP contribution in [0.4, 0.5) is 5.69 Å². The SMILES string of the molecule is COc1ccc(S(=O)(=O)N2CCC[C@H](C(=O)NCCCNc3ccnc4cc(Cl)ccc34)C2)cc1. The van der Waals surface area contributed by atoms with E-state index in [0.29, 0.717) is 43.2 Å². The van der Waals surface area contributed by atoms with Gasteiger partial charge in [-0.05, 0) is 67.8 Å². The van der Waals surface area contributed by atoms with E-state index in [4.69, 9.17) is 16.3 Å². The van der Waals surface area contributed by atoms with Crippen molar-refractivity contribution in [2.24, 2.45) is 5.92 Å². The maximum absolute atomic E-state index is 13.0. The van der Waals surface area contributed by atoms with Gasteiger partial charge in [-0.3, -0.25) is 9.78 Å². The monoisotopic (exact) mass is 516 g/mol. The number of rotatable bonds is 9. The molecule has 2 N–H and O–H groups in total. The van der Waals surface area contributed by atoms with E-state index in [1.54, 1.807) is 18.3 Å². The van der Waals surface area contributed by atoms with Crippen LogP contribution in [0.2, 0.25) is 5.02 Å². The van der Waals surface area contributed by atoms with Gasteiger partial charge in [0.15, 0.2) is 0 Å². The highest BCUT2D eigenvalue weighted by molar-refractivity contribution is 7.89. The number of methoxy groups -OCH3 is 1. The fourth-order valence-electron chi connectivity index (χ4n) is 4.21. The van der Waals surface area contributed by atoms with E-state index in [0.717, 1.165) is 23.0 Å². The van der Waals surface area contributed by atoms with Crippen LogP contribution in [0.25, 0.3) is 10.9 Å². The number of hydrogen-bond acceptors (Lipinski definition) is 6. The molecular weight excluding hydrogens is 488 g/mol. The minimum absolute atomic E-state index is 0.108. The normalized spacial score (nSPS) is 16.7. The Morgan fingerprint density at radius 2 is 1.97 bits per heavy atom. The maximum atomic E-state index is 13.0. The van der Waals surface area contributed by atoms with Gasteiger partial charge in [-0.15, -0.1) is 0 Å². The lowest BCUT2D eigenvalue weighted by Gasteiger charge is -2.31. The summed E-state index contributed by atoms with van der Waals surface area (Å²) >= 11 is 6.04. The molecule has 8 nitrogen and oxygen atoms in total. The van der Waals surface area contributed by atoms with Crippen LogP contribution in [0.1, 0.15) is 19.3 Å². The first-order valence-corrected chi connectivity index (χ1v) is 13.4. The Morgan fingerprint density at radius 1 is 1.17 bits per heavy atom. The number of anilines is 1. The molecular formula is C25H29ClN4O4S. The molecule has 0 bridgehead atoms. The molecule has 186 valence electrons. The van der Waals surface area contributed by atoms with Gasteiger partial charge in [0.2, 0.25) is 15.9 Å². The van der Waals surface area contributed by atoms with Gasteiger partial charge in [-0.25, -0.2) is 8.42 Å². The van der Waals surface area contributed by atoms with Crippen LogP contribution in [-0.2, 0) is 14.8 Å². The van der Waals surface area contributed by atoms with Crippen molar-refractivity contribution in [3.05, 3.63) is 59.8 Å². The number of nitrogens with one attached hydrogen (secondary N) is 2. The van der Waals surface area contributed by atoms with Crippen molar-refractivity contribution in [1.82, 2.24) is 14.6 Å². The molecule has 4 rings (SSSR count). The quantitative estimate of drug-likeness (QED) is 0.418. The molecule has 1 aliphatic rings. The number of amides is 1. The molecule has 1 fully saturated rings. The first kappa shape index (κ1) is 25.2. The number of sulfonamides is 1. The molecule has 2 heterocycles. The molecule has 2 aromatic carbocycles. The minimum Gasteiger partial charge on any atom is -0.497 e. The first-order valence-electron chi connectivity index (χ1n) is 11.6. The van der Waals surface area contributed by atoms with Crippen LogP contribution in [0.3, 0.4) is 0 Å². The summed E-state index contributed by atoms with van der Waals surface area (Å²) in [5, 5.41) is 7.98. The molecule has 0 radical (unpaired) electrons. The summed E-state index contributed by atoms with van der Waals surface area (Å²) in [5.74, 6) is 0.123. The zero-order valence-corrected chi connectivity index (χ0v) is 21.1. The van der Waals surface area contributed by atoms with Gasteiger partial charge in [0.25, 0.3) is 0 Å². The second-order valence-corrected chi connectivity index (χ2v) is 10.8. The molecule has 1 aliphatic heterocycles. The number of nitrogens with zero attached hydrogens (tertiary/aromatic N) is 2. The number of aromatic nitrogens is 1. The van der Waals surface area contributed by atoms with Gasteiger partial charge in [0, 0.05) is 48.5 Å². The Morgan fingerprint density at radius 3 is 2.74 bits per heavy atom. The average molecular weight is 517 g/mol. The summed E-state index contributed by atoms with van der Waals surface area (Å²) < 4.78 is 32.6. The first-order chi connectivity index (χ1) is 16.9. The van der Waals surface area contributed by atoms with Crippen LogP contribution in [0, 0.1) is 5.92 Å². The highest BCUT2D eigenvalue weighted by Gasteiger charge is 2.33. The number of carbonyl (C=O) groups excluding carboxylic acids is 1. The molecule has 1 aromatic heterocycles. The topological polar surface area (TPSA) is 101 Å². The number of carbonyl (C=O) groups is 1.